The molecule has 0 aliphatic heterocycles. The lowest BCUT2D eigenvalue weighted by molar-refractivity contribution is -0.260. The lowest BCUT2D eigenvalue weighted by Crippen LogP contribution is -2.53. The van der Waals surface area contributed by atoms with Crippen LogP contribution in [0.1, 0.15) is 10.4 Å². The van der Waals surface area contributed by atoms with E-state index in [1.54, 1.807) is 0 Å². The first kappa shape index (κ1) is 19.7. The van der Waals surface area contributed by atoms with Gasteiger partial charge in [-0.1, -0.05) is 0 Å². The predicted molar refractivity (Wildman–Crippen MR) is 74.7 cm³/mol. The third kappa shape index (κ3) is 3.63. The number of halogens is 8. The van der Waals surface area contributed by atoms with Gasteiger partial charge in [0.2, 0.25) is 0 Å². The summed E-state index contributed by atoms with van der Waals surface area (Å²) in [6.07, 6.45) is -3.84. The summed E-state index contributed by atoms with van der Waals surface area (Å²) in [6.45, 7) is -2.07. The van der Waals surface area contributed by atoms with Crippen LogP contribution in [0.3, 0.4) is 0 Å². The van der Waals surface area contributed by atoms with Crippen molar-refractivity contribution in [3.63, 3.8) is 0 Å². The summed E-state index contributed by atoms with van der Waals surface area (Å²) in [5, 5.41) is 1.29. The number of amides is 1. The lowest BCUT2D eigenvalue weighted by atomic mass is 10.1. The highest BCUT2D eigenvalue weighted by molar-refractivity contribution is 5.99. The Hall–Kier alpha value is -2.66. The standard InChI is InChI=1S/C14H9F8N3O/c15-8-2-6-1-7(4-23-10(6)9(3-8)25-22)11(26)24-5-13(18,19)14(20,21)12(16)17/h1-4,12,25H,5H2,(H,24,26). The number of pyridine rings is 1. The van der Waals surface area contributed by atoms with E-state index in [0.29, 0.717) is 0 Å². The summed E-state index contributed by atoms with van der Waals surface area (Å²) < 4.78 is 102. The topological polar surface area (TPSA) is 54.0 Å². The van der Waals surface area contributed by atoms with E-state index >= 15 is 0 Å². The molecule has 2 aromatic rings. The number of hydrogen-bond acceptors (Lipinski definition) is 3. The van der Waals surface area contributed by atoms with Crippen LogP contribution < -0.4 is 10.9 Å². The predicted octanol–water partition coefficient (Wildman–Crippen LogP) is 3.94. The Balaban J connectivity index is 2.23. The third-order valence-corrected chi connectivity index (χ3v) is 3.34. The number of aromatic nitrogens is 1. The molecule has 0 unspecified atom stereocenters. The molecule has 0 saturated heterocycles. The molecule has 0 bridgehead atoms. The van der Waals surface area contributed by atoms with Crippen molar-refractivity contribution in [2.24, 2.45) is 0 Å². The van der Waals surface area contributed by atoms with E-state index in [1.165, 1.54) is 10.9 Å². The molecule has 1 heterocycles. The maximum absolute atomic E-state index is 13.3. The smallest absolute Gasteiger partial charge is 0.346 e. The van der Waals surface area contributed by atoms with Gasteiger partial charge in [0, 0.05) is 17.6 Å². The van der Waals surface area contributed by atoms with Gasteiger partial charge < -0.3 is 5.32 Å². The van der Waals surface area contributed by atoms with Gasteiger partial charge in [-0.2, -0.15) is 17.6 Å². The van der Waals surface area contributed by atoms with E-state index < -0.39 is 42.1 Å². The number of anilines is 1. The molecule has 0 atom stereocenters. The van der Waals surface area contributed by atoms with E-state index in [-0.39, 0.29) is 16.6 Å². The second-order valence-corrected chi connectivity index (χ2v) is 5.15. The molecule has 2 N–H and O–H groups in total. The first-order valence-electron chi connectivity index (χ1n) is 6.77. The number of fused-ring (bicyclic) bond motifs is 1. The Bertz CT molecular complexity index is 827. The van der Waals surface area contributed by atoms with E-state index in [1.807, 2.05) is 0 Å². The summed E-state index contributed by atoms with van der Waals surface area (Å²) >= 11 is 0. The fourth-order valence-electron chi connectivity index (χ4n) is 1.98. The van der Waals surface area contributed by atoms with Gasteiger partial charge in [0.15, 0.2) is 0 Å². The second kappa shape index (κ2) is 6.92. The maximum atomic E-state index is 13.3. The van der Waals surface area contributed by atoms with Crippen LogP contribution in [0.4, 0.5) is 40.9 Å². The zero-order valence-electron chi connectivity index (χ0n) is 12.5. The molecule has 1 aromatic carbocycles. The van der Waals surface area contributed by atoms with Crippen LogP contribution in [0, 0.1) is 5.82 Å². The first-order chi connectivity index (χ1) is 12.0. The number of rotatable bonds is 6. The molecule has 26 heavy (non-hydrogen) atoms. The molecular weight excluding hydrogens is 378 g/mol. The molecular formula is C14H9F8N3O. The van der Waals surface area contributed by atoms with Crippen molar-refractivity contribution in [3.05, 3.63) is 35.8 Å². The second-order valence-electron chi connectivity index (χ2n) is 5.15. The van der Waals surface area contributed by atoms with Gasteiger partial charge in [-0.25, -0.2) is 18.7 Å². The van der Waals surface area contributed by atoms with Crippen molar-refractivity contribution in [1.82, 2.24) is 10.3 Å². The zero-order valence-corrected chi connectivity index (χ0v) is 12.5. The number of benzene rings is 1. The molecule has 0 aliphatic carbocycles. The van der Waals surface area contributed by atoms with Crippen LogP contribution >= 0.6 is 0 Å². The Kier molecular flexibility index (Phi) is 5.23. The van der Waals surface area contributed by atoms with Crippen molar-refractivity contribution in [3.8, 4) is 0 Å². The molecule has 4 nitrogen and oxygen atoms in total. The summed E-state index contributed by atoms with van der Waals surface area (Å²) in [6, 6.07) is 2.56. The van der Waals surface area contributed by atoms with Gasteiger partial charge >= 0.3 is 18.3 Å². The molecule has 0 fully saturated rings. The first-order valence-corrected chi connectivity index (χ1v) is 6.77. The van der Waals surface area contributed by atoms with E-state index in [0.717, 1.165) is 24.4 Å². The minimum absolute atomic E-state index is 0.0949. The number of hydrogen-bond donors (Lipinski definition) is 2. The van der Waals surface area contributed by atoms with Crippen LogP contribution in [-0.2, 0) is 0 Å². The number of carbonyl (C=O) groups excluding carboxylic acids is 1. The van der Waals surface area contributed by atoms with Gasteiger partial charge in [-0.05, 0) is 12.1 Å². The van der Waals surface area contributed by atoms with E-state index in [2.05, 4.69) is 4.98 Å². The largest absolute Gasteiger partial charge is 0.371 e. The van der Waals surface area contributed by atoms with Crippen molar-refractivity contribution in [1.29, 1.82) is 0 Å². The fourth-order valence-corrected chi connectivity index (χ4v) is 1.98. The summed E-state index contributed by atoms with van der Waals surface area (Å²) in [5.74, 6) is -13.1. The number of alkyl halides is 6. The summed E-state index contributed by atoms with van der Waals surface area (Å²) in [4.78, 5) is 15.4. The van der Waals surface area contributed by atoms with Gasteiger partial charge in [0.25, 0.3) is 5.91 Å². The molecule has 0 saturated carbocycles. The normalized spacial score (nSPS) is 12.5. The molecule has 1 aromatic heterocycles. The molecule has 0 aliphatic rings. The molecule has 142 valence electrons. The Morgan fingerprint density at radius 3 is 2.38 bits per heavy atom. The molecule has 0 spiro atoms. The van der Waals surface area contributed by atoms with Crippen molar-refractivity contribution in [2.45, 2.75) is 18.3 Å². The van der Waals surface area contributed by atoms with Crippen molar-refractivity contribution >= 4 is 22.5 Å². The maximum Gasteiger partial charge on any atom is 0.371 e. The van der Waals surface area contributed by atoms with Gasteiger partial charge in [-0.3, -0.25) is 9.78 Å². The minimum atomic E-state index is -5.65. The number of nitrogens with one attached hydrogen (secondary N) is 2. The van der Waals surface area contributed by atoms with E-state index in [4.69, 9.17) is 0 Å². The SMILES string of the molecule is O=C(NCC(F)(F)C(F)(F)C(F)F)c1cnc2c(NF)cc(F)cc2c1. The highest BCUT2D eigenvalue weighted by atomic mass is 19.3. The minimum Gasteiger partial charge on any atom is -0.346 e. The van der Waals surface area contributed by atoms with Crippen molar-refractivity contribution < 1.29 is 40.0 Å². The summed E-state index contributed by atoms with van der Waals surface area (Å²) in [5.41, 5.74) is 0.258. The Labute approximate surface area is 140 Å². The Morgan fingerprint density at radius 1 is 1.15 bits per heavy atom. The third-order valence-electron chi connectivity index (χ3n) is 3.34. The highest BCUT2D eigenvalue weighted by Gasteiger charge is 2.62. The highest BCUT2D eigenvalue weighted by Crippen LogP contribution is 2.38. The fraction of sp³-hybridized carbons (Fsp3) is 0.286. The van der Waals surface area contributed by atoms with Crippen LogP contribution in [0.2, 0.25) is 0 Å². The van der Waals surface area contributed by atoms with Crippen LogP contribution in [0.5, 0.6) is 0 Å². The molecule has 0 radical (unpaired) electrons. The van der Waals surface area contributed by atoms with E-state index in [9.17, 15) is 40.0 Å². The monoisotopic (exact) mass is 387 g/mol. The van der Waals surface area contributed by atoms with Crippen LogP contribution in [0.15, 0.2) is 24.4 Å². The average molecular weight is 387 g/mol. The van der Waals surface area contributed by atoms with Gasteiger partial charge in [0.1, 0.15) is 5.82 Å². The molecule has 12 heteroatoms. The van der Waals surface area contributed by atoms with Gasteiger partial charge in [-0.15, -0.1) is 4.48 Å². The molecule has 2 rings (SSSR count). The Morgan fingerprint density at radius 2 is 1.81 bits per heavy atom. The van der Waals surface area contributed by atoms with Gasteiger partial charge in [0.05, 0.1) is 23.3 Å². The average Bonchev–Trinajstić information content (AvgIpc) is 2.57. The van der Waals surface area contributed by atoms with Crippen molar-refractivity contribution in [2.75, 3.05) is 12.1 Å². The van der Waals surface area contributed by atoms with Crippen LogP contribution in [0.25, 0.3) is 10.9 Å². The quantitative estimate of drug-likeness (QED) is 0.583. The summed E-state index contributed by atoms with van der Waals surface area (Å²) in [7, 11) is 0. The number of carbonyl (C=O) groups is 1. The van der Waals surface area contributed by atoms with Crippen LogP contribution in [-0.4, -0.2) is 35.7 Å². The number of nitrogens with zero attached hydrogens (tertiary/aromatic N) is 1. The lowest BCUT2D eigenvalue weighted by Gasteiger charge is -2.25. The molecule has 1 amide bonds. The zero-order chi connectivity index (χ0) is 19.7.